The van der Waals surface area contributed by atoms with E-state index in [4.69, 9.17) is 9.47 Å². The van der Waals surface area contributed by atoms with E-state index in [1.807, 2.05) is 84.1 Å². The van der Waals surface area contributed by atoms with Crippen molar-refractivity contribution in [2.75, 3.05) is 13.7 Å². The normalized spacial score (nSPS) is 11.1. The van der Waals surface area contributed by atoms with Crippen LogP contribution in [0.2, 0.25) is 0 Å². The lowest BCUT2D eigenvalue weighted by molar-refractivity contribution is 0.0528. The van der Waals surface area contributed by atoms with Crippen molar-refractivity contribution < 1.29 is 19.1 Å². The average Bonchev–Trinajstić information content (AvgIpc) is 3.22. The van der Waals surface area contributed by atoms with Gasteiger partial charge in [-0.2, -0.15) is 0 Å². The number of ether oxygens (including phenoxy) is 2. The predicted octanol–water partition coefficient (Wildman–Crippen LogP) is 6.41. The van der Waals surface area contributed by atoms with E-state index in [1.54, 1.807) is 26.2 Å². The van der Waals surface area contributed by atoms with Crippen LogP contribution in [0.3, 0.4) is 0 Å². The topological polar surface area (TPSA) is 57.0 Å². The van der Waals surface area contributed by atoms with Gasteiger partial charge in [-0.1, -0.05) is 60.7 Å². The molecule has 3 aromatic carbocycles. The number of esters is 1. The monoisotopic (exact) mass is 477 g/mol. The van der Waals surface area contributed by atoms with Crippen LogP contribution in [0.15, 0.2) is 84.9 Å². The van der Waals surface area contributed by atoms with Gasteiger partial charge in [0.05, 0.1) is 36.0 Å². The third-order valence-corrected chi connectivity index (χ3v) is 6.48. The summed E-state index contributed by atoms with van der Waals surface area (Å²) in [4.78, 5) is 27.6. The van der Waals surface area contributed by atoms with Gasteiger partial charge in [0.15, 0.2) is 0 Å². The summed E-state index contributed by atoms with van der Waals surface area (Å²) >= 11 is 0. The van der Waals surface area contributed by atoms with Crippen molar-refractivity contribution in [3.63, 3.8) is 0 Å². The Hall–Kier alpha value is -4.38. The number of benzene rings is 3. The SMILES string of the molecule is CCOC(=O)c1c(Cc2cccc(OC)c2)c(C(=O)c2ccccc2)n2c1cc(C)c1ccccc12. The Kier molecular flexibility index (Phi) is 6.30. The maximum atomic E-state index is 14.1. The van der Waals surface area contributed by atoms with Gasteiger partial charge in [0.2, 0.25) is 5.78 Å². The first-order valence-electron chi connectivity index (χ1n) is 12.0. The maximum absolute atomic E-state index is 14.1. The second-order valence-corrected chi connectivity index (χ2v) is 8.71. The molecule has 36 heavy (non-hydrogen) atoms. The zero-order valence-corrected chi connectivity index (χ0v) is 20.6. The number of methoxy groups -OCH3 is 1. The highest BCUT2D eigenvalue weighted by Crippen LogP contribution is 2.34. The molecule has 180 valence electrons. The average molecular weight is 478 g/mol. The van der Waals surface area contributed by atoms with Gasteiger partial charge in [0.1, 0.15) is 5.75 Å². The highest BCUT2D eigenvalue weighted by Gasteiger charge is 2.30. The number of hydrogen-bond acceptors (Lipinski definition) is 4. The largest absolute Gasteiger partial charge is 0.497 e. The van der Waals surface area contributed by atoms with Crippen molar-refractivity contribution in [2.24, 2.45) is 0 Å². The first-order chi connectivity index (χ1) is 17.5. The van der Waals surface area contributed by atoms with Crippen LogP contribution in [0.4, 0.5) is 0 Å². The van der Waals surface area contributed by atoms with Gasteiger partial charge in [-0.3, -0.25) is 4.79 Å². The van der Waals surface area contributed by atoms with Crippen molar-refractivity contribution >= 4 is 28.2 Å². The number of nitrogens with zero attached hydrogens (tertiary/aromatic N) is 1. The number of pyridine rings is 1. The first kappa shape index (κ1) is 23.4. The maximum Gasteiger partial charge on any atom is 0.340 e. The van der Waals surface area contributed by atoms with Crippen LogP contribution >= 0.6 is 0 Å². The lowest BCUT2D eigenvalue weighted by atomic mass is 9.96. The Morgan fingerprint density at radius 1 is 0.861 bits per heavy atom. The Morgan fingerprint density at radius 2 is 1.61 bits per heavy atom. The molecule has 0 aliphatic rings. The van der Waals surface area contributed by atoms with Crippen molar-refractivity contribution in [1.82, 2.24) is 4.40 Å². The summed E-state index contributed by atoms with van der Waals surface area (Å²) in [6.07, 6.45) is 0.369. The van der Waals surface area contributed by atoms with Gasteiger partial charge in [-0.15, -0.1) is 0 Å². The van der Waals surface area contributed by atoms with E-state index in [1.165, 1.54) is 0 Å². The van der Waals surface area contributed by atoms with Gasteiger partial charge in [-0.25, -0.2) is 4.79 Å². The minimum Gasteiger partial charge on any atom is -0.497 e. The van der Waals surface area contributed by atoms with E-state index in [2.05, 4.69) is 0 Å². The smallest absolute Gasteiger partial charge is 0.340 e. The predicted molar refractivity (Wildman–Crippen MR) is 141 cm³/mol. The molecule has 0 aliphatic carbocycles. The number of hydrogen-bond donors (Lipinski definition) is 0. The van der Waals surface area contributed by atoms with Crippen LogP contribution in [0.1, 0.15) is 50.0 Å². The lowest BCUT2D eigenvalue weighted by Gasteiger charge is -2.11. The van der Waals surface area contributed by atoms with Gasteiger partial charge in [-0.05, 0) is 49.2 Å². The molecule has 0 saturated carbocycles. The minimum atomic E-state index is -0.435. The number of carbonyl (C=O) groups excluding carboxylic acids is 2. The molecule has 0 N–H and O–H groups in total. The summed E-state index contributed by atoms with van der Waals surface area (Å²) in [5.74, 6) is 0.133. The van der Waals surface area contributed by atoms with E-state index in [0.717, 1.165) is 22.0 Å². The second-order valence-electron chi connectivity index (χ2n) is 8.71. The Morgan fingerprint density at radius 3 is 2.36 bits per heavy atom. The Balaban J connectivity index is 1.90. The molecule has 0 radical (unpaired) electrons. The summed E-state index contributed by atoms with van der Waals surface area (Å²) in [5.41, 5.74) is 5.59. The third-order valence-electron chi connectivity index (χ3n) is 6.48. The highest BCUT2D eigenvalue weighted by atomic mass is 16.5. The molecule has 0 fully saturated rings. The zero-order valence-electron chi connectivity index (χ0n) is 20.6. The number of aromatic nitrogens is 1. The van der Waals surface area contributed by atoms with Crippen LogP contribution in [-0.4, -0.2) is 29.9 Å². The molecule has 2 heterocycles. The Labute approximate surface area is 209 Å². The number of carbonyl (C=O) groups is 2. The van der Waals surface area contributed by atoms with Crippen LogP contribution in [-0.2, 0) is 11.2 Å². The molecule has 5 aromatic rings. The number of aryl methyl sites for hydroxylation is 1. The fourth-order valence-electron chi connectivity index (χ4n) is 4.87. The zero-order chi connectivity index (χ0) is 25.2. The molecule has 0 saturated heterocycles. The fourth-order valence-corrected chi connectivity index (χ4v) is 4.87. The summed E-state index contributed by atoms with van der Waals surface area (Å²) < 4.78 is 12.9. The molecular weight excluding hydrogens is 450 g/mol. The van der Waals surface area contributed by atoms with Crippen molar-refractivity contribution in [1.29, 1.82) is 0 Å². The molecule has 0 atom stereocenters. The molecule has 0 amide bonds. The molecule has 0 aliphatic heterocycles. The van der Waals surface area contributed by atoms with Gasteiger partial charge < -0.3 is 13.9 Å². The number of ketones is 1. The van der Waals surface area contributed by atoms with E-state index < -0.39 is 5.97 Å². The molecular formula is C31H27NO4. The van der Waals surface area contributed by atoms with Crippen molar-refractivity contribution in [2.45, 2.75) is 20.3 Å². The van der Waals surface area contributed by atoms with Crippen molar-refractivity contribution in [3.05, 3.63) is 118 Å². The van der Waals surface area contributed by atoms with Crippen LogP contribution in [0.5, 0.6) is 5.75 Å². The summed E-state index contributed by atoms with van der Waals surface area (Å²) in [5, 5.41) is 1.02. The lowest BCUT2D eigenvalue weighted by Crippen LogP contribution is -2.11. The molecule has 0 unspecified atom stereocenters. The minimum absolute atomic E-state index is 0.145. The molecule has 5 nitrogen and oxygen atoms in total. The van der Waals surface area contributed by atoms with Gasteiger partial charge in [0.25, 0.3) is 0 Å². The molecule has 5 heteroatoms. The van der Waals surface area contributed by atoms with Crippen LogP contribution < -0.4 is 4.74 Å². The second kappa shape index (κ2) is 9.70. The van der Waals surface area contributed by atoms with Gasteiger partial charge in [0, 0.05) is 22.9 Å². The number of para-hydroxylation sites is 1. The summed E-state index contributed by atoms with van der Waals surface area (Å²) in [6, 6.07) is 26.8. The van der Waals surface area contributed by atoms with Gasteiger partial charge >= 0.3 is 5.97 Å². The molecule has 5 rings (SSSR count). The molecule has 0 bridgehead atoms. The molecule has 0 spiro atoms. The van der Waals surface area contributed by atoms with E-state index in [0.29, 0.717) is 40.1 Å². The molecule has 2 aromatic heterocycles. The standard InChI is InChI=1S/C31H27NO4/c1-4-36-31(34)28-25(19-21-11-10-14-23(18-21)35-3)29(30(33)22-12-6-5-7-13-22)32-26-16-9-8-15-24(26)20(2)17-27(28)32/h5-18H,4,19H2,1-3H3. The van der Waals surface area contributed by atoms with E-state index in [-0.39, 0.29) is 12.4 Å². The summed E-state index contributed by atoms with van der Waals surface area (Å²) in [6.45, 7) is 4.04. The fraction of sp³-hybridized carbons (Fsp3) is 0.161. The number of fused-ring (bicyclic) bond motifs is 3. The van der Waals surface area contributed by atoms with E-state index >= 15 is 0 Å². The summed E-state index contributed by atoms with van der Waals surface area (Å²) in [7, 11) is 1.62. The quantitative estimate of drug-likeness (QED) is 0.201. The third kappa shape index (κ3) is 4.03. The van der Waals surface area contributed by atoms with Crippen LogP contribution in [0, 0.1) is 6.92 Å². The Bertz CT molecular complexity index is 1600. The van der Waals surface area contributed by atoms with Crippen molar-refractivity contribution in [3.8, 4) is 5.75 Å². The van der Waals surface area contributed by atoms with E-state index in [9.17, 15) is 9.59 Å². The number of rotatable bonds is 7. The first-order valence-corrected chi connectivity index (χ1v) is 12.0. The highest BCUT2D eigenvalue weighted by molar-refractivity contribution is 6.14. The van der Waals surface area contributed by atoms with Crippen LogP contribution in [0.25, 0.3) is 16.4 Å².